The highest BCUT2D eigenvalue weighted by Crippen LogP contribution is 2.22. The number of methoxy groups -OCH3 is 2. The van der Waals surface area contributed by atoms with Gasteiger partial charge in [-0.2, -0.15) is 0 Å². The number of hydrogen-bond acceptors (Lipinski definition) is 4. The van der Waals surface area contributed by atoms with Gasteiger partial charge in [0, 0.05) is 19.2 Å². The summed E-state index contributed by atoms with van der Waals surface area (Å²) in [6.45, 7) is 3.28. The lowest BCUT2D eigenvalue weighted by Gasteiger charge is -2.23. The monoisotopic (exact) mass is 284 g/mol. The third-order valence-electron chi connectivity index (χ3n) is 3.29. The molecule has 5 heteroatoms. The first kappa shape index (κ1) is 16.9. The quantitative estimate of drug-likeness (QED) is 0.730. The van der Waals surface area contributed by atoms with Crippen molar-refractivity contribution in [3.63, 3.8) is 0 Å². The lowest BCUT2D eigenvalue weighted by molar-refractivity contribution is 0.156. The van der Waals surface area contributed by atoms with Crippen LogP contribution in [-0.2, 0) is 4.74 Å². The summed E-state index contributed by atoms with van der Waals surface area (Å²) in [5, 5.41) is 3.45. The number of nitrogens with one attached hydrogen (secondary N) is 1. The minimum Gasteiger partial charge on any atom is -0.494 e. The first-order valence-corrected chi connectivity index (χ1v) is 6.90. The number of halogens is 1. The fraction of sp³-hybridized carbons (Fsp3) is 0.600. The van der Waals surface area contributed by atoms with E-state index in [1.807, 2.05) is 13.0 Å². The molecule has 1 rings (SSSR count). The van der Waals surface area contributed by atoms with Crippen LogP contribution >= 0.6 is 0 Å². The maximum Gasteiger partial charge on any atom is 0.165 e. The first-order valence-electron chi connectivity index (χ1n) is 6.90. The molecule has 0 bridgehead atoms. The van der Waals surface area contributed by atoms with Gasteiger partial charge in [-0.25, -0.2) is 4.39 Å². The summed E-state index contributed by atoms with van der Waals surface area (Å²) >= 11 is 0. The maximum absolute atomic E-state index is 13.7. The van der Waals surface area contributed by atoms with Gasteiger partial charge in [0.15, 0.2) is 11.6 Å². The van der Waals surface area contributed by atoms with Crippen molar-refractivity contribution < 1.29 is 13.9 Å². The summed E-state index contributed by atoms with van der Waals surface area (Å²) < 4.78 is 23.8. The van der Waals surface area contributed by atoms with Crippen LogP contribution < -0.4 is 15.8 Å². The van der Waals surface area contributed by atoms with E-state index in [0.717, 1.165) is 18.4 Å². The predicted octanol–water partition coefficient (Wildman–Crippen LogP) is 2.24. The average molecular weight is 284 g/mol. The molecule has 0 aliphatic heterocycles. The zero-order valence-electron chi connectivity index (χ0n) is 12.5. The van der Waals surface area contributed by atoms with E-state index in [9.17, 15) is 4.39 Å². The Morgan fingerprint density at radius 2 is 2.10 bits per heavy atom. The fourth-order valence-corrected chi connectivity index (χ4v) is 2.18. The number of nitrogens with two attached hydrogens (primary N) is 1. The topological polar surface area (TPSA) is 56.5 Å². The highest BCUT2D eigenvalue weighted by Gasteiger charge is 2.14. The highest BCUT2D eigenvalue weighted by molar-refractivity contribution is 5.30. The molecule has 0 fully saturated rings. The van der Waals surface area contributed by atoms with Crippen LogP contribution in [-0.4, -0.2) is 33.4 Å². The second-order valence-corrected chi connectivity index (χ2v) is 4.87. The Labute approximate surface area is 120 Å². The molecule has 2 atom stereocenters. The molecule has 0 heterocycles. The Balaban J connectivity index is 2.67. The van der Waals surface area contributed by atoms with Crippen LogP contribution in [0.1, 0.15) is 31.4 Å². The Bertz CT molecular complexity index is 401. The Hall–Kier alpha value is -1.17. The molecule has 1 aromatic carbocycles. The van der Waals surface area contributed by atoms with Crippen molar-refractivity contribution in [3.8, 4) is 5.75 Å². The van der Waals surface area contributed by atoms with Gasteiger partial charge in [0.25, 0.3) is 0 Å². The van der Waals surface area contributed by atoms with Crippen molar-refractivity contribution in [2.75, 3.05) is 27.4 Å². The van der Waals surface area contributed by atoms with E-state index in [1.54, 1.807) is 13.2 Å². The van der Waals surface area contributed by atoms with Crippen molar-refractivity contribution in [1.29, 1.82) is 0 Å². The molecule has 114 valence electrons. The highest BCUT2D eigenvalue weighted by atomic mass is 19.1. The minimum atomic E-state index is -0.344. The summed E-state index contributed by atoms with van der Waals surface area (Å²) in [5.74, 6) is -0.0820. The lowest BCUT2D eigenvalue weighted by Crippen LogP contribution is -2.35. The first-order chi connectivity index (χ1) is 9.62. The van der Waals surface area contributed by atoms with Crippen LogP contribution in [0.15, 0.2) is 18.2 Å². The molecule has 0 saturated heterocycles. The SMILES string of the molecule is COCC(CCCN)NC(C)c1ccc(OC)c(F)c1. The summed E-state index contributed by atoms with van der Waals surface area (Å²) in [5.41, 5.74) is 6.42. The molecular weight excluding hydrogens is 259 g/mol. The van der Waals surface area contributed by atoms with E-state index < -0.39 is 0 Å². The van der Waals surface area contributed by atoms with Gasteiger partial charge in [0.2, 0.25) is 0 Å². The van der Waals surface area contributed by atoms with Crippen molar-refractivity contribution >= 4 is 0 Å². The molecule has 1 aromatic rings. The maximum atomic E-state index is 13.7. The molecule has 2 unspecified atom stereocenters. The fourth-order valence-electron chi connectivity index (χ4n) is 2.18. The largest absolute Gasteiger partial charge is 0.494 e. The van der Waals surface area contributed by atoms with Gasteiger partial charge in [-0.15, -0.1) is 0 Å². The van der Waals surface area contributed by atoms with Gasteiger partial charge in [0.05, 0.1) is 13.7 Å². The smallest absolute Gasteiger partial charge is 0.165 e. The molecule has 3 N–H and O–H groups in total. The molecule has 0 spiro atoms. The number of hydrogen-bond donors (Lipinski definition) is 2. The third kappa shape index (κ3) is 5.07. The molecule has 0 radical (unpaired) electrons. The minimum absolute atomic E-state index is 0.0355. The van der Waals surface area contributed by atoms with Gasteiger partial charge in [-0.3, -0.25) is 0 Å². The van der Waals surface area contributed by atoms with Crippen molar-refractivity contribution in [1.82, 2.24) is 5.32 Å². The Kier molecular flexibility index (Phi) is 7.51. The lowest BCUT2D eigenvalue weighted by atomic mass is 10.1. The summed E-state index contributed by atoms with van der Waals surface area (Å²) in [7, 11) is 3.13. The molecule has 0 aliphatic carbocycles. The summed E-state index contributed by atoms with van der Waals surface area (Å²) in [6, 6.07) is 5.26. The van der Waals surface area contributed by atoms with Gasteiger partial charge >= 0.3 is 0 Å². The van der Waals surface area contributed by atoms with Crippen molar-refractivity contribution in [2.45, 2.75) is 31.8 Å². The number of rotatable bonds is 9. The molecule has 0 aromatic heterocycles. The standard InChI is InChI=1S/C15H25FN2O2/c1-11(18-13(10-19-2)5-4-8-17)12-6-7-15(20-3)14(16)9-12/h6-7,9,11,13,18H,4-5,8,10,17H2,1-3H3. The van der Waals surface area contributed by atoms with Crippen LogP contribution in [0.3, 0.4) is 0 Å². The summed E-state index contributed by atoms with van der Waals surface area (Å²) in [4.78, 5) is 0. The van der Waals surface area contributed by atoms with E-state index in [0.29, 0.717) is 13.2 Å². The number of benzene rings is 1. The molecular formula is C15H25FN2O2. The van der Waals surface area contributed by atoms with E-state index in [2.05, 4.69) is 5.32 Å². The van der Waals surface area contributed by atoms with Gasteiger partial charge in [-0.1, -0.05) is 6.07 Å². The van der Waals surface area contributed by atoms with Crippen molar-refractivity contribution in [2.24, 2.45) is 5.73 Å². The third-order valence-corrected chi connectivity index (χ3v) is 3.29. The Morgan fingerprint density at radius 1 is 1.35 bits per heavy atom. The Morgan fingerprint density at radius 3 is 2.65 bits per heavy atom. The van der Waals surface area contributed by atoms with E-state index in [4.69, 9.17) is 15.2 Å². The predicted molar refractivity (Wildman–Crippen MR) is 78.5 cm³/mol. The van der Waals surface area contributed by atoms with E-state index in [-0.39, 0.29) is 23.7 Å². The van der Waals surface area contributed by atoms with Crippen LogP contribution in [0, 0.1) is 5.82 Å². The molecule has 0 saturated carbocycles. The zero-order valence-corrected chi connectivity index (χ0v) is 12.5. The van der Waals surface area contributed by atoms with Gasteiger partial charge in [-0.05, 0) is 44.0 Å². The normalized spacial score (nSPS) is 14.1. The van der Waals surface area contributed by atoms with E-state index in [1.165, 1.54) is 13.2 Å². The number of ether oxygens (including phenoxy) is 2. The van der Waals surface area contributed by atoms with Gasteiger partial charge < -0.3 is 20.5 Å². The second kappa shape index (κ2) is 8.89. The molecule has 20 heavy (non-hydrogen) atoms. The van der Waals surface area contributed by atoms with Crippen LogP contribution in [0.5, 0.6) is 5.75 Å². The van der Waals surface area contributed by atoms with Gasteiger partial charge in [0.1, 0.15) is 0 Å². The molecule has 4 nitrogen and oxygen atoms in total. The van der Waals surface area contributed by atoms with Crippen LogP contribution in [0.4, 0.5) is 4.39 Å². The average Bonchev–Trinajstić information content (AvgIpc) is 2.44. The molecule has 0 aliphatic rings. The molecule has 0 amide bonds. The zero-order chi connectivity index (χ0) is 15.0. The summed E-state index contributed by atoms with van der Waals surface area (Å²) in [6.07, 6.45) is 1.87. The van der Waals surface area contributed by atoms with Crippen molar-refractivity contribution in [3.05, 3.63) is 29.6 Å². The second-order valence-electron chi connectivity index (χ2n) is 4.87. The van der Waals surface area contributed by atoms with Crippen LogP contribution in [0.2, 0.25) is 0 Å². The van der Waals surface area contributed by atoms with Crippen LogP contribution in [0.25, 0.3) is 0 Å². The van der Waals surface area contributed by atoms with E-state index >= 15 is 0 Å².